The topological polar surface area (TPSA) is 102 Å². The van der Waals surface area contributed by atoms with E-state index >= 15 is 0 Å². The van der Waals surface area contributed by atoms with E-state index in [1.807, 2.05) is 0 Å². The number of rotatable bonds is 11. The summed E-state index contributed by atoms with van der Waals surface area (Å²) in [5.41, 5.74) is 0.0201. The van der Waals surface area contributed by atoms with Gasteiger partial charge in [-0.3, -0.25) is 14.9 Å². The van der Waals surface area contributed by atoms with E-state index in [0.29, 0.717) is 38.2 Å². The van der Waals surface area contributed by atoms with E-state index in [1.165, 1.54) is 6.07 Å². The van der Waals surface area contributed by atoms with Gasteiger partial charge in [0.15, 0.2) is 11.6 Å². The highest BCUT2D eigenvalue weighted by atomic mass is 32.2. The molecule has 31 heavy (non-hydrogen) atoms. The van der Waals surface area contributed by atoms with Gasteiger partial charge in [0.25, 0.3) is 0 Å². The maximum absolute atomic E-state index is 14.1. The maximum Gasteiger partial charge on any atom is 0.230 e. The summed E-state index contributed by atoms with van der Waals surface area (Å²) in [7, 11) is -3.55. The number of sulfonamides is 1. The van der Waals surface area contributed by atoms with Gasteiger partial charge in [-0.05, 0) is 62.1 Å². The van der Waals surface area contributed by atoms with Crippen LogP contribution in [0.2, 0.25) is 0 Å². The fourth-order valence-electron chi connectivity index (χ4n) is 3.73. The SMILES string of the molecule is O=C1CC(C/C=C/CCS(=O)(=O)NC2(c3ccc(F)c(OCC4CC4)c3)CC2)C(=O)N1. The molecule has 0 aromatic heterocycles. The van der Waals surface area contributed by atoms with Crippen molar-refractivity contribution in [2.75, 3.05) is 12.4 Å². The van der Waals surface area contributed by atoms with Crippen molar-refractivity contribution in [3.63, 3.8) is 0 Å². The van der Waals surface area contributed by atoms with Gasteiger partial charge in [-0.2, -0.15) is 0 Å². The van der Waals surface area contributed by atoms with Gasteiger partial charge in [0.1, 0.15) is 0 Å². The third-order valence-corrected chi connectivity index (χ3v) is 7.44. The van der Waals surface area contributed by atoms with Crippen LogP contribution in [0.3, 0.4) is 0 Å². The van der Waals surface area contributed by atoms with Gasteiger partial charge in [-0.15, -0.1) is 0 Å². The molecule has 2 amide bonds. The largest absolute Gasteiger partial charge is 0.490 e. The Bertz CT molecular complexity index is 999. The number of carbonyl (C=O) groups is 2. The van der Waals surface area contributed by atoms with Crippen LogP contribution in [0.1, 0.15) is 50.5 Å². The van der Waals surface area contributed by atoms with Gasteiger partial charge in [0.2, 0.25) is 21.8 Å². The summed E-state index contributed by atoms with van der Waals surface area (Å²) < 4.78 is 47.6. The monoisotopic (exact) mass is 450 g/mol. The Labute approximate surface area is 181 Å². The molecular weight excluding hydrogens is 423 g/mol. The van der Waals surface area contributed by atoms with Crippen LogP contribution in [0.25, 0.3) is 0 Å². The first-order valence-corrected chi connectivity index (χ1v) is 12.3. The van der Waals surface area contributed by atoms with Crippen LogP contribution in [0.5, 0.6) is 5.75 Å². The number of ether oxygens (including phenoxy) is 1. The molecule has 1 saturated heterocycles. The van der Waals surface area contributed by atoms with Crippen molar-refractivity contribution in [1.82, 2.24) is 10.0 Å². The first kappa shape index (κ1) is 22.0. The zero-order valence-electron chi connectivity index (χ0n) is 17.2. The molecule has 7 nitrogen and oxygen atoms in total. The number of hydrogen-bond donors (Lipinski definition) is 2. The zero-order chi connectivity index (χ0) is 22.1. The number of benzene rings is 1. The number of imide groups is 1. The third-order valence-electron chi connectivity index (χ3n) is 5.96. The number of carbonyl (C=O) groups excluding carboxylic acids is 2. The summed E-state index contributed by atoms with van der Waals surface area (Å²) in [6.45, 7) is 0.488. The van der Waals surface area contributed by atoms with Crippen molar-refractivity contribution < 1.29 is 27.1 Å². The first-order chi connectivity index (χ1) is 14.8. The molecule has 9 heteroatoms. The minimum atomic E-state index is -3.55. The van der Waals surface area contributed by atoms with E-state index in [4.69, 9.17) is 4.74 Å². The average molecular weight is 451 g/mol. The number of hydrogen-bond acceptors (Lipinski definition) is 5. The van der Waals surface area contributed by atoms with Crippen LogP contribution in [-0.2, 0) is 25.2 Å². The van der Waals surface area contributed by atoms with Crippen LogP contribution >= 0.6 is 0 Å². The summed E-state index contributed by atoms with van der Waals surface area (Å²) in [6.07, 6.45) is 7.86. The lowest BCUT2D eigenvalue weighted by molar-refractivity contribution is -0.125. The second kappa shape index (κ2) is 8.70. The molecular formula is C22H27FN2O5S. The van der Waals surface area contributed by atoms with Crippen molar-refractivity contribution in [3.05, 3.63) is 41.7 Å². The molecule has 1 aromatic rings. The lowest BCUT2D eigenvalue weighted by Gasteiger charge is -2.19. The van der Waals surface area contributed by atoms with Gasteiger partial charge in [-0.1, -0.05) is 18.2 Å². The van der Waals surface area contributed by atoms with Gasteiger partial charge < -0.3 is 4.74 Å². The molecule has 2 saturated carbocycles. The lowest BCUT2D eigenvalue weighted by Crippen LogP contribution is -2.36. The Morgan fingerprint density at radius 2 is 2.00 bits per heavy atom. The van der Waals surface area contributed by atoms with Gasteiger partial charge in [0.05, 0.1) is 23.8 Å². The standard InChI is InChI=1S/C22H27FN2O5S/c23-18-8-7-17(13-19(18)30-14-15-5-6-15)22(9-10-22)25-31(28,29)11-3-1-2-4-16-12-20(26)24-21(16)27/h1-2,7-8,13,15-16,25H,3-6,9-12,14H2,(H,24,26,27)/b2-1+. The molecule has 1 aromatic carbocycles. The summed E-state index contributed by atoms with van der Waals surface area (Å²) in [6, 6.07) is 4.56. The lowest BCUT2D eigenvalue weighted by atomic mass is 10.0. The summed E-state index contributed by atoms with van der Waals surface area (Å²) in [4.78, 5) is 22.7. The van der Waals surface area contributed by atoms with E-state index in [1.54, 1.807) is 24.3 Å². The Hall–Kier alpha value is -2.26. The maximum atomic E-state index is 14.1. The second-order valence-corrected chi connectivity index (χ2v) is 10.6. The quantitative estimate of drug-likeness (QED) is 0.399. The first-order valence-electron chi connectivity index (χ1n) is 10.7. The third kappa shape index (κ3) is 5.71. The van der Waals surface area contributed by atoms with Gasteiger partial charge in [-0.25, -0.2) is 17.5 Å². The minimum absolute atomic E-state index is 0.0900. The van der Waals surface area contributed by atoms with Crippen LogP contribution in [-0.4, -0.2) is 32.6 Å². The van der Waals surface area contributed by atoms with Crippen molar-refractivity contribution in [2.24, 2.45) is 11.8 Å². The Kier molecular flexibility index (Phi) is 6.16. The normalized spacial score (nSPS) is 22.7. The summed E-state index contributed by atoms with van der Waals surface area (Å²) >= 11 is 0. The van der Waals surface area contributed by atoms with Crippen molar-refractivity contribution >= 4 is 21.8 Å². The second-order valence-electron chi connectivity index (χ2n) is 8.71. The molecule has 3 aliphatic rings. The number of allylic oxidation sites excluding steroid dienone is 2. The number of halogens is 1. The molecule has 4 rings (SSSR count). The molecule has 0 radical (unpaired) electrons. The number of nitrogens with one attached hydrogen (secondary N) is 2. The molecule has 1 atom stereocenters. The summed E-state index contributed by atoms with van der Waals surface area (Å²) in [5.74, 6) is -0.784. The van der Waals surface area contributed by atoms with Crippen LogP contribution in [0.4, 0.5) is 4.39 Å². The highest BCUT2D eigenvalue weighted by molar-refractivity contribution is 7.89. The van der Waals surface area contributed by atoms with E-state index in [9.17, 15) is 22.4 Å². The molecule has 0 spiro atoms. The smallest absolute Gasteiger partial charge is 0.230 e. The van der Waals surface area contributed by atoms with Crippen LogP contribution < -0.4 is 14.8 Å². The molecule has 3 fully saturated rings. The van der Waals surface area contributed by atoms with Crippen molar-refractivity contribution in [3.8, 4) is 5.75 Å². The van der Waals surface area contributed by atoms with Crippen LogP contribution in [0, 0.1) is 17.7 Å². The van der Waals surface area contributed by atoms with E-state index < -0.39 is 21.4 Å². The number of amides is 2. The summed E-state index contributed by atoms with van der Waals surface area (Å²) in [5, 5.41) is 2.25. The molecule has 2 aliphatic carbocycles. The Morgan fingerprint density at radius 3 is 2.65 bits per heavy atom. The van der Waals surface area contributed by atoms with Crippen LogP contribution in [0.15, 0.2) is 30.4 Å². The fourth-order valence-corrected chi connectivity index (χ4v) is 5.19. The average Bonchev–Trinajstić information content (AvgIpc) is 3.62. The molecule has 1 heterocycles. The van der Waals surface area contributed by atoms with E-state index in [-0.39, 0.29) is 35.7 Å². The van der Waals surface area contributed by atoms with Gasteiger partial charge >= 0.3 is 0 Å². The van der Waals surface area contributed by atoms with Crippen molar-refractivity contribution in [2.45, 2.75) is 50.5 Å². The molecule has 168 valence electrons. The molecule has 1 aliphatic heterocycles. The Morgan fingerprint density at radius 1 is 1.23 bits per heavy atom. The fraction of sp³-hybridized carbons (Fsp3) is 0.545. The van der Waals surface area contributed by atoms with Crippen molar-refractivity contribution in [1.29, 1.82) is 0 Å². The Balaban J connectivity index is 1.30. The van der Waals surface area contributed by atoms with E-state index in [0.717, 1.165) is 18.4 Å². The molecule has 2 N–H and O–H groups in total. The highest BCUT2D eigenvalue weighted by Gasteiger charge is 2.47. The van der Waals surface area contributed by atoms with E-state index in [2.05, 4.69) is 10.0 Å². The molecule has 0 bridgehead atoms. The van der Waals surface area contributed by atoms with Gasteiger partial charge in [0, 0.05) is 6.42 Å². The predicted molar refractivity (Wildman–Crippen MR) is 112 cm³/mol. The molecule has 1 unspecified atom stereocenters. The predicted octanol–water partition coefficient (Wildman–Crippen LogP) is 2.52. The highest BCUT2D eigenvalue weighted by Crippen LogP contribution is 2.47. The minimum Gasteiger partial charge on any atom is -0.490 e. The zero-order valence-corrected chi connectivity index (χ0v) is 18.0.